The van der Waals surface area contributed by atoms with Gasteiger partial charge in [0.1, 0.15) is 25.1 Å². The summed E-state index contributed by atoms with van der Waals surface area (Å²) in [6.07, 6.45) is 2.94. The largest absolute Gasteiger partial charge is 0.446 e. The number of hydrogen-bond acceptors (Lipinski definition) is 4. The molecule has 0 saturated heterocycles. The first-order valence-electron chi connectivity index (χ1n) is 8.89. The minimum atomic E-state index is -0.854. The Kier molecular flexibility index (Phi) is 4.65. The van der Waals surface area contributed by atoms with Gasteiger partial charge in [-0.2, -0.15) is 9.48 Å². The van der Waals surface area contributed by atoms with Crippen LogP contribution in [0.3, 0.4) is 0 Å². The molecule has 0 fully saturated rings. The molecule has 2 aliphatic rings. The van der Waals surface area contributed by atoms with Crippen LogP contribution in [0, 0.1) is 12.7 Å². The van der Waals surface area contributed by atoms with E-state index >= 15 is 0 Å². The van der Waals surface area contributed by atoms with Gasteiger partial charge in [0.05, 0.1) is 6.21 Å². The van der Waals surface area contributed by atoms with E-state index in [-0.39, 0.29) is 18.9 Å². The van der Waals surface area contributed by atoms with Crippen molar-refractivity contribution in [3.63, 3.8) is 0 Å². The van der Waals surface area contributed by atoms with Crippen LogP contribution in [0.5, 0.6) is 0 Å². The van der Waals surface area contributed by atoms with Gasteiger partial charge in [-0.05, 0) is 35.7 Å². The molecule has 2 aliphatic heterocycles. The lowest BCUT2D eigenvalue weighted by Crippen LogP contribution is -2.56. The summed E-state index contributed by atoms with van der Waals surface area (Å²) in [7, 11) is 0. The highest BCUT2D eigenvalue weighted by Gasteiger charge is 2.47. The van der Waals surface area contributed by atoms with Gasteiger partial charge in [-0.15, -0.1) is 4.99 Å². The fourth-order valence-corrected chi connectivity index (χ4v) is 3.27. The lowest BCUT2D eigenvalue weighted by molar-refractivity contribution is -0.457. The van der Waals surface area contributed by atoms with Crippen LogP contribution >= 0.6 is 0 Å². The van der Waals surface area contributed by atoms with Crippen LogP contribution in [0.4, 0.5) is 9.18 Å². The van der Waals surface area contributed by atoms with Gasteiger partial charge in [-0.1, -0.05) is 36.4 Å². The molecule has 140 valence electrons. The predicted octanol–water partition coefficient (Wildman–Crippen LogP) is 2.73. The van der Waals surface area contributed by atoms with Gasteiger partial charge in [0.2, 0.25) is 6.04 Å². The normalized spacial score (nSPS) is 18.6. The number of aryl methyl sites for hydroxylation is 1. The molecule has 0 aromatic heterocycles. The standard InChI is InChI=1S/C21H18FN4O2/c1-14-4-2-3-5-16(14)13-25-19-18(23-10-11-24-19)20(27)26(21(25)28)12-15-6-8-17(22)9-7-15/h2-11,18H,12-13H2,1H3/q+1. The van der Waals surface area contributed by atoms with Crippen molar-refractivity contribution in [2.75, 3.05) is 0 Å². The maximum atomic E-state index is 13.2. The van der Waals surface area contributed by atoms with Crippen LogP contribution in [0.1, 0.15) is 16.7 Å². The van der Waals surface area contributed by atoms with E-state index < -0.39 is 18.0 Å². The van der Waals surface area contributed by atoms with Crippen molar-refractivity contribution >= 4 is 30.2 Å². The lowest BCUT2D eigenvalue weighted by Gasteiger charge is -2.27. The summed E-state index contributed by atoms with van der Waals surface area (Å²) in [5.41, 5.74) is 2.66. The first kappa shape index (κ1) is 17.9. The van der Waals surface area contributed by atoms with Gasteiger partial charge in [-0.25, -0.2) is 9.18 Å². The predicted molar refractivity (Wildman–Crippen MR) is 103 cm³/mol. The third kappa shape index (κ3) is 3.26. The van der Waals surface area contributed by atoms with Crippen molar-refractivity contribution < 1.29 is 18.6 Å². The molecule has 0 saturated carbocycles. The topological polar surface area (TPSA) is 65.1 Å². The molecule has 7 heteroatoms. The molecule has 4 rings (SSSR count). The van der Waals surface area contributed by atoms with E-state index in [1.807, 2.05) is 31.2 Å². The fourth-order valence-electron chi connectivity index (χ4n) is 3.27. The molecule has 0 N–H and O–H groups in total. The molecular weight excluding hydrogens is 359 g/mol. The summed E-state index contributed by atoms with van der Waals surface area (Å²) in [6, 6.07) is 12.2. The molecule has 28 heavy (non-hydrogen) atoms. The summed E-state index contributed by atoms with van der Waals surface area (Å²) in [5.74, 6) is -0.474. The van der Waals surface area contributed by atoms with Crippen LogP contribution in [0.25, 0.3) is 0 Å². The third-order valence-electron chi connectivity index (χ3n) is 4.84. The second kappa shape index (κ2) is 7.26. The van der Waals surface area contributed by atoms with Gasteiger partial charge >= 0.3 is 11.9 Å². The lowest BCUT2D eigenvalue weighted by atomic mass is 10.1. The van der Waals surface area contributed by atoms with E-state index in [9.17, 15) is 14.0 Å². The van der Waals surface area contributed by atoms with Crippen LogP contribution in [-0.2, 0) is 17.9 Å². The van der Waals surface area contributed by atoms with Crippen molar-refractivity contribution in [3.8, 4) is 0 Å². The number of amides is 3. The molecule has 1 atom stereocenters. The molecule has 0 radical (unpaired) electrons. The van der Waals surface area contributed by atoms with Crippen LogP contribution in [0.2, 0.25) is 0 Å². The number of rotatable bonds is 4. The summed E-state index contributed by atoms with van der Waals surface area (Å²) in [6.45, 7) is 2.30. The number of fused-ring (bicyclic) bond motifs is 1. The summed E-state index contributed by atoms with van der Waals surface area (Å²) in [4.78, 5) is 35.7. The number of benzene rings is 2. The Bertz CT molecular complexity index is 1040. The number of hydrogen-bond donors (Lipinski definition) is 0. The number of imide groups is 1. The highest BCUT2D eigenvalue weighted by molar-refractivity contribution is 6.26. The van der Waals surface area contributed by atoms with Gasteiger partial charge < -0.3 is 0 Å². The Balaban J connectivity index is 1.72. The van der Waals surface area contributed by atoms with Crippen LogP contribution in [0.15, 0.2) is 58.5 Å². The van der Waals surface area contributed by atoms with Crippen LogP contribution < -0.4 is 0 Å². The summed E-state index contributed by atoms with van der Waals surface area (Å²) < 4.78 is 14.7. The van der Waals surface area contributed by atoms with Crippen molar-refractivity contribution in [1.29, 1.82) is 0 Å². The molecule has 6 nitrogen and oxygen atoms in total. The number of urea groups is 1. The number of carbonyl (C=O) groups is 2. The van der Waals surface area contributed by atoms with Gasteiger partial charge in [0, 0.05) is 0 Å². The van der Waals surface area contributed by atoms with Crippen molar-refractivity contribution in [1.82, 2.24) is 4.90 Å². The van der Waals surface area contributed by atoms with Crippen molar-refractivity contribution in [3.05, 3.63) is 71.0 Å². The number of carbonyl (C=O) groups excluding carboxylic acids is 2. The quantitative estimate of drug-likeness (QED) is 0.769. The van der Waals surface area contributed by atoms with Crippen molar-refractivity contribution in [2.24, 2.45) is 9.98 Å². The average Bonchev–Trinajstić information content (AvgIpc) is 2.71. The van der Waals surface area contributed by atoms with E-state index in [1.54, 1.807) is 12.1 Å². The highest BCUT2D eigenvalue weighted by atomic mass is 19.1. The molecule has 2 aromatic carbocycles. The minimum Gasteiger partial charge on any atom is -0.264 e. The van der Waals surface area contributed by atoms with Gasteiger partial charge in [0.25, 0.3) is 5.84 Å². The second-order valence-electron chi connectivity index (χ2n) is 6.68. The Morgan fingerprint density at radius 1 is 1.07 bits per heavy atom. The molecular formula is C21H18FN4O2+. The molecule has 0 spiro atoms. The number of amidine groups is 1. The molecule has 0 bridgehead atoms. The van der Waals surface area contributed by atoms with E-state index in [0.29, 0.717) is 11.4 Å². The van der Waals surface area contributed by atoms with E-state index in [4.69, 9.17) is 0 Å². The first-order valence-corrected chi connectivity index (χ1v) is 8.89. The smallest absolute Gasteiger partial charge is 0.264 e. The fraction of sp³-hybridized carbons (Fsp3) is 0.190. The van der Waals surface area contributed by atoms with E-state index in [0.717, 1.165) is 16.0 Å². The first-order chi connectivity index (χ1) is 13.5. The number of nitrogens with zero attached hydrogens (tertiary/aromatic N) is 4. The minimum absolute atomic E-state index is 0.0469. The molecule has 2 aromatic rings. The Morgan fingerprint density at radius 2 is 1.82 bits per heavy atom. The second-order valence-corrected chi connectivity index (χ2v) is 6.68. The van der Waals surface area contributed by atoms with Gasteiger partial charge in [-0.3, -0.25) is 9.79 Å². The molecule has 2 heterocycles. The van der Waals surface area contributed by atoms with Gasteiger partial charge in [0.15, 0.2) is 0 Å². The van der Waals surface area contributed by atoms with Crippen molar-refractivity contribution in [2.45, 2.75) is 26.1 Å². The van der Waals surface area contributed by atoms with E-state index in [2.05, 4.69) is 9.98 Å². The maximum Gasteiger partial charge on any atom is 0.446 e. The van der Waals surface area contributed by atoms with Crippen LogP contribution in [-0.4, -0.2) is 45.7 Å². The maximum absolute atomic E-state index is 13.2. The zero-order chi connectivity index (χ0) is 19.7. The zero-order valence-electron chi connectivity index (χ0n) is 15.2. The SMILES string of the molecule is Cc1ccccc1C[N+]1=C2N=CC=NC2C(=O)N(Cc2ccc(F)cc2)C1=O. The Hall–Kier alpha value is -3.48. The Labute approximate surface area is 161 Å². The molecule has 3 amide bonds. The number of aliphatic imine (C=N–C) groups is 2. The molecule has 1 unspecified atom stereocenters. The monoisotopic (exact) mass is 377 g/mol. The summed E-state index contributed by atoms with van der Waals surface area (Å²) >= 11 is 0. The number of halogens is 1. The van der Waals surface area contributed by atoms with E-state index in [1.165, 1.54) is 29.1 Å². The summed E-state index contributed by atoms with van der Waals surface area (Å²) in [5, 5.41) is 0. The third-order valence-corrected chi connectivity index (χ3v) is 4.84. The highest BCUT2D eigenvalue weighted by Crippen LogP contribution is 2.20. The molecule has 0 aliphatic carbocycles. The Morgan fingerprint density at radius 3 is 2.57 bits per heavy atom. The average molecular weight is 377 g/mol. The zero-order valence-corrected chi connectivity index (χ0v) is 15.2.